The predicted molar refractivity (Wildman–Crippen MR) is 130 cm³/mol. The molecule has 1 aliphatic heterocycles. The van der Waals surface area contributed by atoms with Crippen LogP contribution in [0.25, 0.3) is 5.69 Å². The van der Waals surface area contributed by atoms with E-state index in [2.05, 4.69) is 48.4 Å². The van der Waals surface area contributed by atoms with Crippen LogP contribution in [0.1, 0.15) is 40.8 Å². The number of carbonyl (C=O) groups excluding carboxylic acids is 1. The standard InChI is InChI=1S/C25H29N5O2S/c1-16-10-17(2)12-20(11-16)29-8-7-27-25(29)33-15-23(31)28-24-22(13-26)18(3)19(4)30(24)14-21-6-5-9-32-21/h7-8,10-12,21H,5-6,9,14-15H2,1-4H3,(H,28,31)/t21-/m1/s1. The number of aromatic nitrogens is 3. The van der Waals surface area contributed by atoms with Gasteiger partial charge in [0.15, 0.2) is 5.16 Å². The molecule has 1 fully saturated rings. The van der Waals surface area contributed by atoms with Crippen molar-refractivity contribution in [2.24, 2.45) is 0 Å². The SMILES string of the molecule is Cc1cc(C)cc(-n2ccnc2SCC(=O)Nc2c(C#N)c(C)c(C)n2C[C@H]2CCCO2)c1. The van der Waals surface area contributed by atoms with E-state index in [1.165, 1.54) is 22.9 Å². The molecule has 1 amide bonds. The summed E-state index contributed by atoms with van der Waals surface area (Å²) in [4.78, 5) is 17.4. The first-order valence-electron chi connectivity index (χ1n) is 11.1. The third kappa shape index (κ3) is 5.00. The van der Waals surface area contributed by atoms with Crippen molar-refractivity contribution in [1.82, 2.24) is 14.1 Å². The van der Waals surface area contributed by atoms with Crippen molar-refractivity contribution in [2.75, 3.05) is 17.7 Å². The average Bonchev–Trinajstić information content (AvgIpc) is 3.50. The number of benzene rings is 1. The normalized spacial score (nSPS) is 15.5. The van der Waals surface area contributed by atoms with Crippen LogP contribution in [0.4, 0.5) is 5.82 Å². The Hall–Kier alpha value is -3.02. The van der Waals surface area contributed by atoms with Crippen LogP contribution in [0.3, 0.4) is 0 Å². The lowest BCUT2D eigenvalue weighted by Crippen LogP contribution is -2.22. The molecular weight excluding hydrogens is 434 g/mol. The maximum atomic E-state index is 12.9. The van der Waals surface area contributed by atoms with Crippen LogP contribution in [-0.4, -0.2) is 38.5 Å². The van der Waals surface area contributed by atoms with Gasteiger partial charge in [-0.05, 0) is 69.4 Å². The number of ether oxygens (including phenoxy) is 1. The van der Waals surface area contributed by atoms with Gasteiger partial charge in [-0.25, -0.2) is 4.98 Å². The van der Waals surface area contributed by atoms with Crippen molar-refractivity contribution in [3.05, 3.63) is 58.5 Å². The summed E-state index contributed by atoms with van der Waals surface area (Å²) in [6, 6.07) is 8.59. The molecule has 0 unspecified atom stereocenters. The molecule has 1 saturated heterocycles. The highest BCUT2D eigenvalue weighted by molar-refractivity contribution is 7.99. The molecule has 3 heterocycles. The third-order valence-electron chi connectivity index (χ3n) is 6.03. The van der Waals surface area contributed by atoms with Crippen LogP contribution < -0.4 is 5.32 Å². The summed E-state index contributed by atoms with van der Waals surface area (Å²) in [6.45, 7) is 9.43. The molecule has 0 bridgehead atoms. The largest absolute Gasteiger partial charge is 0.376 e. The summed E-state index contributed by atoms with van der Waals surface area (Å²) >= 11 is 1.37. The van der Waals surface area contributed by atoms with Gasteiger partial charge in [-0.15, -0.1) is 0 Å². The number of carbonyl (C=O) groups is 1. The fourth-order valence-corrected chi connectivity index (χ4v) is 5.10. The minimum Gasteiger partial charge on any atom is -0.376 e. The van der Waals surface area contributed by atoms with Gasteiger partial charge in [0.25, 0.3) is 0 Å². The van der Waals surface area contributed by atoms with Crippen LogP contribution in [0.15, 0.2) is 35.7 Å². The maximum absolute atomic E-state index is 12.9. The van der Waals surface area contributed by atoms with Crippen molar-refractivity contribution in [3.8, 4) is 11.8 Å². The lowest BCUT2D eigenvalue weighted by atomic mass is 10.1. The van der Waals surface area contributed by atoms with Crippen molar-refractivity contribution >= 4 is 23.5 Å². The molecule has 3 aromatic rings. The Morgan fingerprint density at radius 3 is 2.70 bits per heavy atom. The molecule has 33 heavy (non-hydrogen) atoms. The van der Waals surface area contributed by atoms with Crippen molar-refractivity contribution in [1.29, 1.82) is 5.26 Å². The summed E-state index contributed by atoms with van der Waals surface area (Å²) in [5, 5.41) is 13.5. The first kappa shape index (κ1) is 23.1. The fourth-order valence-electron chi connectivity index (χ4n) is 4.33. The zero-order valence-electron chi connectivity index (χ0n) is 19.5. The average molecular weight is 464 g/mol. The van der Waals surface area contributed by atoms with E-state index in [1.807, 2.05) is 29.2 Å². The number of rotatable bonds is 7. The van der Waals surface area contributed by atoms with E-state index in [0.29, 0.717) is 17.9 Å². The quantitative estimate of drug-likeness (QED) is 0.514. The molecular formula is C25H29N5O2S. The number of imidazole rings is 1. The van der Waals surface area contributed by atoms with E-state index in [-0.39, 0.29) is 17.8 Å². The van der Waals surface area contributed by atoms with Gasteiger partial charge in [-0.2, -0.15) is 5.26 Å². The molecule has 1 aromatic carbocycles. The summed E-state index contributed by atoms with van der Waals surface area (Å²) in [6.07, 6.45) is 5.79. The maximum Gasteiger partial charge on any atom is 0.235 e. The molecule has 4 rings (SSSR count). The third-order valence-corrected chi connectivity index (χ3v) is 7.00. The van der Waals surface area contributed by atoms with Crippen LogP contribution in [0, 0.1) is 39.0 Å². The topological polar surface area (TPSA) is 84.9 Å². The molecule has 0 aliphatic carbocycles. The summed E-state index contributed by atoms with van der Waals surface area (Å²) in [5.74, 6) is 0.583. The highest BCUT2D eigenvalue weighted by atomic mass is 32.2. The van der Waals surface area contributed by atoms with Crippen LogP contribution in [0.5, 0.6) is 0 Å². The number of hydrogen-bond donors (Lipinski definition) is 1. The Kier molecular flexibility index (Phi) is 6.91. The Morgan fingerprint density at radius 1 is 1.27 bits per heavy atom. The molecule has 7 nitrogen and oxygen atoms in total. The molecule has 0 saturated carbocycles. The second-order valence-electron chi connectivity index (χ2n) is 8.55. The number of nitriles is 1. The number of amides is 1. The zero-order chi connectivity index (χ0) is 23.5. The minimum atomic E-state index is -0.169. The smallest absolute Gasteiger partial charge is 0.235 e. The van der Waals surface area contributed by atoms with E-state index in [9.17, 15) is 10.1 Å². The highest BCUT2D eigenvalue weighted by Gasteiger charge is 2.24. The first-order valence-corrected chi connectivity index (χ1v) is 12.1. The van der Waals surface area contributed by atoms with Gasteiger partial charge in [-0.1, -0.05) is 17.8 Å². The number of nitrogens with one attached hydrogen (secondary N) is 1. The Bertz CT molecular complexity index is 1190. The van der Waals surface area contributed by atoms with Crippen LogP contribution in [-0.2, 0) is 16.1 Å². The predicted octanol–water partition coefficient (Wildman–Crippen LogP) is 4.69. The number of nitrogens with zero attached hydrogens (tertiary/aromatic N) is 4. The fraction of sp³-hybridized carbons (Fsp3) is 0.400. The summed E-state index contributed by atoms with van der Waals surface area (Å²) in [7, 11) is 0. The van der Waals surface area contributed by atoms with Gasteiger partial charge in [0, 0.05) is 30.4 Å². The zero-order valence-corrected chi connectivity index (χ0v) is 20.3. The van der Waals surface area contributed by atoms with Gasteiger partial charge >= 0.3 is 0 Å². The highest BCUT2D eigenvalue weighted by Crippen LogP contribution is 2.29. The number of thioether (sulfide) groups is 1. The van der Waals surface area contributed by atoms with E-state index in [0.717, 1.165) is 41.5 Å². The molecule has 172 valence electrons. The molecule has 2 aromatic heterocycles. The lowest BCUT2D eigenvalue weighted by Gasteiger charge is -2.17. The second-order valence-corrected chi connectivity index (χ2v) is 9.50. The van der Waals surface area contributed by atoms with E-state index >= 15 is 0 Å². The Balaban J connectivity index is 1.50. The van der Waals surface area contributed by atoms with E-state index in [4.69, 9.17) is 4.74 Å². The molecule has 1 N–H and O–H groups in total. The van der Waals surface area contributed by atoms with Crippen LogP contribution in [0.2, 0.25) is 0 Å². The van der Waals surface area contributed by atoms with Gasteiger partial charge in [-0.3, -0.25) is 9.36 Å². The number of anilines is 1. The molecule has 0 radical (unpaired) electrons. The lowest BCUT2D eigenvalue weighted by molar-refractivity contribution is -0.113. The first-order chi connectivity index (χ1) is 15.9. The van der Waals surface area contributed by atoms with Gasteiger partial charge in [0.1, 0.15) is 11.9 Å². The summed E-state index contributed by atoms with van der Waals surface area (Å²) < 4.78 is 9.80. The number of hydrogen-bond acceptors (Lipinski definition) is 5. The van der Waals surface area contributed by atoms with Crippen LogP contribution >= 0.6 is 11.8 Å². The Labute approximate surface area is 198 Å². The molecule has 1 aliphatic rings. The van der Waals surface area contributed by atoms with Gasteiger partial charge in [0.05, 0.1) is 24.0 Å². The monoisotopic (exact) mass is 463 g/mol. The second kappa shape index (κ2) is 9.86. The van der Waals surface area contributed by atoms with E-state index in [1.54, 1.807) is 6.20 Å². The van der Waals surface area contributed by atoms with Crippen molar-refractivity contribution < 1.29 is 9.53 Å². The molecule has 0 spiro atoms. The minimum absolute atomic E-state index is 0.109. The van der Waals surface area contributed by atoms with Gasteiger partial charge in [0.2, 0.25) is 5.91 Å². The van der Waals surface area contributed by atoms with Crippen molar-refractivity contribution in [3.63, 3.8) is 0 Å². The Morgan fingerprint density at radius 2 is 2.03 bits per heavy atom. The summed E-state index contributed by atoms with van der Waals surface area (Å²) in [5.41, 5.74) is 5.76. The van der Waals surface area contributed by atoms with Gasteiger partial charge < -0.3 is 14.6 Å². The molecule has 8 heteroatoms. The number of aryl methyl sites for hydroxylation is 2. The molecule has 1 atom stereocenters. The van der Waals surface area contributed by atoms with E-state index < -0.39 is 0 Å². The van der Waals surface area contributed by atoms with Crippen molar-refractivity contribution in [2.45, 2.75) is 58.3 Å².